The fourth-order valence-corrected chi connectivity index (χ4v) is 4.24. The van der Waals surface area contributed by atoms with Crippen LogP contribution in [0.5, 0.6) is 0 Å². The molecule has 37 heavy (non-hydrogen) atoms. The average Bonchev–Trinajstić information content (AvgIpc) is 3.56. The van der Waals surface area contributed by atoms with Gasteiger partial charge in [-0.2, -0.15) is 0 Å². The van der Waals surface area contributed by atoms with Crippen LogP contribution in [0.1, 0.15) is 62.4 Å². The van der Waals surface area contributed by atoms with E-state index in [1.165, 1.54) is 4.90 Å². The number of hydrogen-bond acceptors (Lipinski definition) is 5. The largest absolute Gasteiger partial charge is 0.444 e. The third-order valence-corrected chi connectivity index (χ3v) is 6.53. The zero-order valence-electron chi connectivity index (χ0n) is 22.6. The van der Waals surface area contributed by atoms with E-state index in [0.717, 1.165) is 23.1 Å². The van der Waals surface area contributed by atoms with Gasteiger partial charge in [-0.25, -0.2) is 4.79 Å². The molecule has 1 aliphatic rings. The second-order valence-electron chi connectivity index (χ2n) is 10.9. The number of alkyl carbamates (subject to hydrolysis) is 1. The number of hydrogen-bond donors (Lipinski definition) is 3. The van der Waals surface area contributed by atoms with Crippen LogP contribution in [0.4, 0.5) is 4.79 Å². The van der Waals surface area contributed by atoms with Crippen molar-refractivity contribution in [2.75, 3.05) is 6.61 Å². The van der Waals surface area contributed by atoms with E-state index in [1.807, 2.05) is 69.3 Å². The van der Waals surface area contributed by atoms with Crippen molar-refractivity contribution in [3.63, 3.8) is 0 Å². The molecule has 1 aliphatic carbocycles. The first kappa shape index (κ1) is 28.2. The Morgan fingerprint density at radius 2 is 1.73 bits per heavy atom. The highest BCUT2D eigenvalue weighted by Crippen LogP contribution is 2.41. The van der Waals surface area contributed by atoms with Crippen molar-refractivity contribution in [3.8, 4) is 0 Å². The molecule has 0 aromatic heterocycles. The topological polar surface area (TPSA) is 108 Å². The molecule has 1 fully saturated rings. The van der Waals surface area contributed by atoms with Crippen LogP contribution in [0.25, 0.3) is 0 Å². The van der Waals surface area contributed by atoms with E-state index in [0.29, 0.717) is 12.1 Å². The van der Waals surface area contributed by atoms with Gasteiger partial charge in [0, 0.05) is 12.6 Å². The van der Waals surface area contributed by atoms with Crippen LogP contribution < -0.4 is 10.6 Å². The molecule has 3 N–H and O–H groups in total. The molecule has 200 valence electrons. The summed E-state index contributed by atoms with van der Waals surface area (Å²) in [7, 11) is 0. The van der Waals surface area contributed by atoms with Crippen LogP contribution in [0.3, 0.4) is 0 Å². The lowest BCUT2D eigenvalue weighted by Gasteiger charge is -2.35. The summed E-state index contributed by atoms with van der Waals surface area (Å²) < 4.78 is 5.30. The van der Waals surface area contributed by atoms with Gasteiger partial charge in [-0.1, -0.05) is 55.5 Å². The molecule has 0 bridgehead atoms. The van der Waals surface area contributed by atoms with Gasteiger partial charge in [0.05, 0.1) is 6.61 Å². The van der Waals surface area contributed by atoms with Gasteiger partial charge in [0.1, 0.15) is 17.7 Å². The maximum atomic E-state index is 13.9. The van der Waals surface area contributed by atoms with Gasteiger partial charge in [0.25, 0.3) is 0 Å². The second kappa shape index (κ2) is 11.8. The summed E-state index contributed by atoms with van der Waals surface area (Å²) in [6.07, 6.45) is -0.0798. The van der Waals surface area contributed by atoms with Crippen molar-refractivity contribution < 1.29 is 24.2 Å². The summed E-state index contributed by atoms with van der Waals surface area (Å²) in [5, 5.41) is 15.5. The lowest BCUT2D eigenvalue weighted by atomic mass is 9.98. The first-order valence-electron chi connectivity index (χ1n) is 12.7. The molecule has 4 atom stereocenters. The highest BCUT2D eigenvalue weighted by molar-refractivity contribution is 5.92. The van der Waals surface area contributed by atoms with E-state index in [4.69, 9.17) is 4.74 Å². The third-order valence-electron chi connectivity index (χ3n) is 6.53. The number of aliphatic hydroxyl groups is 1. The number of carbonyl (C=O) groups is 3. The SMILES string of the molecule is Cc1ccc(C(C(=O)NCc2ccccc2)N(C(=O)C(CO)NC(=O)OC(C)(C)C)C2CC2C)cc1C. The van der Waals surface area contributed by atoms with Crippen LogP contribution in [-0.4, -0.2) is 52.2 Å². The first-order valence-corrected chi connectivity index (χ1v) is 12.7. The highest BCUT2D eigenvalue weighted by atomic mass is 16.6. The van der Waals surface area contributed by atoms with Gasteiger partial charge >= 0.3 is 6.09 Å². The maximum absolute atomic E-state index is 13.9. The summed E-state index contributed by atoms with van der Waals surface area (Å²) >= 11 is 0. The van der Waals surface area contributed by atoms with Crippen LogP contribution in [-0.2, 0) is 20.9 Å². The molecule has 2 aromatic carbocycles. The van der Waals surface area contributed by atoms with E-state index in [-0.39, 0.29) is 17.9 Å². The number of nitrogens with zero attached hydrogens (tertiary/aromatic N) is 1. The Kier molecular flexibility index (Phi) is 8.97. The van der Waals surface area contributed by atoms with E-state index >= 15 is 0 Å². The highest BCUT2D eigenvalue weighted by Gasteiger charge is 2.48. The van der Waals surface area contributed by atoms with Gasteiger partial charge in [-0.05, 0) is 69.2 Å². The summed E-state index contributed by atoms with van der Waals surface area (Å²) in [5.41, 5.74) is 2.92. The van der Waals surface area contributed by atoms with Crippen LogP contribution in [0.2, 0.25) is 0 Å². The van der Waals surface area contributed by atoms with Crippen molar-refractivity contribution in [1.82, 2.24) is 15.5 Å². The van der Waals surface area contributed by atoms with Gasteiger partial charge in [-0.15, -0.1) is 0 Å². The molecular formula is C29H39N3O5. The Hall–Kier alpha value is -3.39. The van der Waals surface area contributed by atoms with E-state index in [2.05, 4.69) is 10.6 Å². The zero-order chi connectivity index (χ0) is 27.3. The van der Waals surface area contributed by atoms with Crippen LogP contribution >= 0.6 is 0 Å². The van der Waals surface area contributed by atoms with Crippen LogP contribution in [0.15, 0.2) is 48.5 Å². The quantitative estimate of drug-likeness (QED) is 0.477. The minimum absolute atomic E-state index is 0.181. The Balaban J connectivity index is 1.95. The first-order chi connectivity index (χ1) is 17.4. The average molecular weight is 510 g/mol. The molecule has 8 heteroatoms. The van der Waals surface area contributed by atoms with E-state index in [1.54, 1.807) is 20.8 Å². The second-order valence-corrected chi connectivity index (χ2v) is 10.9. The predicted octanol–water partition coefficient (Wildman–Crippen LogP) is 3.78. The minimum atomic E-state index is -1.25. The Bertz CT molecular complexity index is 1110. The van der Waals surface area contributed by atoms with Crippen molar-refractivity contribution in [1.29, 1.82) is 0 Å². The molecule has 0 radical (unpaired) electrons. The number of nitrogens with one attached hydrogen (secondary N) is 2. The molecular weight excluding hydrogens is 470 g/mol. The Labute approximate surface area is 219 Å². The Morgan fingerprint density at radius 3 is 2.27 bits per heavy atom. The van der Waals surface area contributed by atoms with Gasteiger partial charge in [0.15, 0.2) is 0 Å². The molecule has 3 amide bonds. The van der Waals surface area contributed by atoms with E-state index in [9.17, 15) is 19.5 Å². The molecule has 3 rings (SSSR count). The Morgan fingerprint density at radius 1 is 1.08 bits per heavy atom. The zero-order valence-corrected chi connectivity index (χ0v) is 22.6. The molecule has 8 nitrogen and oxygen atoms in total. The molecule has 0 aliphatic heterocycles. The van der Waals surface area contributed by atoms with Crippen molar-refractivity contribution in [2.24, 2.45) is 5.92 Å². The third kappa shape index (κ3) is 7.55. The summed E-state index contributed by atoms with van der Waals surface area (Å²) in [4.78, 5) is 41.6. The number of rotatable bonds is 9. The molecule has 1 saturated carbocycles. The number of amides is 3. The van der Waals surface area contributed by atoms with Crippen molar-refractivity contribution >= 4 is 17.9 Å². The number of aryl methyl sites for hydroxylation is 2. The van der Waals surface area contributed by atoms with Crippen molar-refractivity contribution in [2.45, 2.75) is 78.2 Å². The predicted molar refractivity (Wildman–Crippen MR) is 142 cm³/mol. The lowest BCUT2D eigenvalue weighted by Crippen LogP contribution is -2.55. The number of ether oxygens (including phenoxy) is 1. The lowest BCUT2D eigenvalue weighted by molar-refractivity contribution is -0.144. The summed E-state index contributed by atoms with van der Waals surface area (Å²) in [6, 6.07) is 12.9. The van der Waals surface area contributed by atoms with Gasteiger partial charge in [0.2, 0.25) is 11.8 Å². The standard InChI is InChI=1S/C29H39N3O5/c1-18-12-13-22(14-19(18)2)25(26(34)30-16-21-10-8-7-9-11-21)32(24-15-20(24)3)27(35)23(17-33)31-28(36)37-29(4,5)6/h7-14,20,23-25,33H,15-17H2,1-6H3,(H,30,34)(H,31,36). The fourth-order valence-electron chi connectivity index (χ4n) is 4.24. The maximum Gasteiger partial charge on any atom is 0.408 e. The molecule has 2 aromatic rings. The monoisotopic (exact) mass is 509 g/mol. The molecule has 4 unspecified atom stereocenters. The fraction of sp³-hybridized carbons (Fsp3) is 0.483. The number of carbonyl (C=O) groups excluding carboxylic acids is 3. The smallest absolute Gasteiger partial charge is 0.408 e. The molecule has 0 saturated heterocycles. The number of aliphatic hydroxyl groups excluding tert-OH is 1. The van der Waals surface area contributed by atoms with E-state index < -0.39 is 36.3 Å². The summed E-state index contributed by atoms with van der Waals surface area (Å²) in [5.74, 6) is -0.671. The normalized spacial score (nSPS) is 18.4. The number of benzene rings is 2. The molecule has 0 spiro atoms. The van der Waals surface area contributed by atoms with Crippen LogP contribution in [0, 0.1) is 19.8 Å². The summed E-state index contributed by atoms with van der Waals surface area (Å²) in [6.45, 7) is 10.8. The molecule has 0 heterocycles. The van der Waals surface area contributed by atoms with Gasteiger partial charge in [-0.3, -0.25) is 9.59 Å². The van der Waals surface area contributed by atoms with Gasteiger partial charge < -0.3 is 25.4 Å². The van der Waals surface area contributed by atoms with Crippen molar-refractivity contribution in [3.05, 3.63) is 70.8 Å². The minimum Gasteiger partial charge on any atom is -0.444 e.